The van der Waals surface area contributed by atoms with Crippen molar-refractivity contribution >= 4 is 10.0 Å². The van der Waals surface area contributed by atoms with E-state index < -0.39 is 38.6 Å². The molecule has 0 bridgehead atoms. The first kappa shape index (κ1) is 12.7. The molecular formula is C7H7F3N2O3S. The van der Waals surface area contributed by atoms with Crippen LogP contribution in [0.4, 0.5) is 13.2 Å². The van der Waals surface area contributed by atoms with E-state index >= 15 is 0 Å². The zero-order chi connectivity index (χ0) is 12.5. The summed E-state index contributed by atoms with van der Waals surface area (Å²) in [4.78, 5) is 1.63. The van der Waals surface area contributed by atoms with Gasteiger partial charge in [-0.25, -0.2) is 27.3 Å². The normalized spacial score (nSPS) is 11.9. The van der Waals surface area contributed by atoms with Gasteiger partial charge in [0.2, 0.25) is 16.0 Å². The monoisotopic (exact) mass is 256 g/mol. The first-order chi connectivity index (χ1) is 7.29. The quantitative estimate of drug-likeness (QED) is 0.811. The van der Waals surface area contributed by atoms with Crippen molar-refractivity contribution in [3.63, 3.8) is 0 Å². The van der Waals surface area contributed by atoms with E-state index in [1.807, 2.05) is 0 Å². The Balaban J connectivity index is 3.69. The largest absolute Gasteiger partial charge is 0.495 e. The number of hydrogen-bond donors (Lipinski definition) is 1. The molecule has 1 rings (SSSR count). The third kappa shape index (κ3) is 2.25. The Morgan fingerprint density at radius 1 is 1.50 bits per heavy atom. The van der Waals surface area contributed by atoms with Gasteiger partial charge in [0, 0.05) is 0 Å². The Kier molecular flexibility index (Phi) is 3.38. The lowest BCUT2D eigenvalue weighted by Gasteiger charge is -2.11. The summed E-state index contributed by atoms with van der Waals surface area (Å²) in [6.07, 6.45) is -2.59. The molecule has 1 aromatic rings. The lowest BCUT2D eigenvalue weighted by Crippen LogP contribution is -2.18. The van der Waals surface area contributed by atoms with Gasteiger partial charge in [-0.05, 0) is 0 Å². The lowest BCUT2D eigenvalue weighted by molar-refractivity contribution is 0.141. The second kappa shape index (κ2) is 4.26. The van der Waals surface area contributed by atoms with Gasteiger partial charge in [0.15, 0.2) is 0 Å². The molecule has 0 aliphatic rings. The number of pyridine rings is 1. The minimum atomic E-state index is -4.64. The van der Waals surface area contributed by atoms with Crippen molar-refractivity contribution in [3.8, 4) is 5.75 Å². The van der Waals surface area contributed by atoms with Gasteiger partial charge in [-0.3, -0.25) is 0 Å². The van der Waals surface area contributed by atoms with Crippen molar-refractivity contribution in [2.45, 2.75) is 11.3 Å². The molecule has 0 amide bonds. The van der Waals surface area contributed by atoms with Crippen LogP contribution in [0, 0.1) is 5.95 Å². The Labute approximate surface area is 89.1 Å². The maximum Gasteiger partial charge on any atom is 0.268 e. The van der Waals surface area contributed by atoms with E-state index in [2.05, 4.69) is 14.9 Å². The van der Waals surface area contributed by atoms with E-state index in [-0.39, 0.29) is 0 Å². The van der Waals surface area contributed by atoms with E-state index in [0.717, 1.165) is 7.11 Å². The van der Waals surface area contributed by atoms with E-state index in [0.29, 0.717) is 6.20 Å². The van der Waals surface area contributed by atoms with E-state index in [1.165, 1.54) is 0 Å². The van der Waals surface area contributed by atoms with Crippen molar-refractivity contribution < 1.29 is 26.3 Å². The van der Waals surface area contributed by atoms with E-state index in [1.54, 1.807) is 0 Å². The highest BCUT2D eigenvalue weighted by molar-refractivity contribution is 7.89. The summed E-state index contributed by atoms with van der Waals surface area (Å²) in [6.45, 7) is 0. The molecule has 0 atom stereocenters. The number of methoxy groups -OCH3 is 1. The highest BCUT2D eigenvalue weighted by Crippen LogP contribution is 2.34. The average molecular weight is 256 g/mol. The number of alkyl halides is 2. The topological polar surface area (TPSA) is 82.3 Å². The summed E-state index contributed by atoms with van der Waals surface area (Å²) in [6, 6.07) is 0. The molecule has 9 heteroatoms. The predicted octanol–water partition coefficient (Wildman–Crippen LogP) is 0.814. The second-order valence-corrected chi connectivity index (χ2v) is 4.20. The summed E-state index contributed by atoms with van der Waals surface area (Å²) in [7, 11) is -3.62. The maximum absolute atomic E-state index is 13.1. The molecule has 2 N–H and O–H groups in total. The third-order valence-corrected chi connectivity index (χ3v) is 2.67. The van der Waals surface area contributed by atoms with Crippen LogP contribution in [0.5, 0.6) is 5.75 Å². The molecule has 0 unspecified atom stereocenters. The van der Waals surface area contributed by atoms with Gasteiger partial charge in [-0.2, -0.15) is 4.39 Å². The van der Waals surface area contributed by atoms with Gasteiger partial charge in [-0.1, -0.05) is 0 Å². The van der Waals surface area contributed by atoms with Gasteiger partial charge < -0.3 is 4.74 Å². The van der Waals surface area contributed by atoms with Crippen LogP contribution in [0.15, 0.2) is 11.1 Å². The van der Waals surface area contributed by atoms with Gasteiger partial charge in [0.1, 0.15) is 10.6 Å². The molecule has 5 nitrogen and oxygen atoms in total. The highest BCUT2D eigenvalue weighted by atomic mass is 32.2. The van der Waals surface area contributed by atoms with Gasteiger partial charge in [-0.15, -0.1) is 0 Å². The van der Waals surface area contributed by atoms with Crippen LogP contribution in [0.25, 0.3) is 0 Å². The Bertz CT molecular complexity index is 504. The van der Waals surface area contributed by atoms with Crippen LogP contribution in [0.1, 0.15) is 12.0 Å². The van der Waals surface area contributed by atoms with Crippen molar-refractivity contribution in [2.24, 2.45) is 5.14 Å². The smallest absolute Gasteiger partial charge is 0.268 e. The molecule has 16 heavy (non-hydrogen) atoms. The van der Waals surface area contributed by atoms with E-state index in [9.17, 15) is 21.6 Å². The van der Waals surface area contributed by atoms with E-state index in [4.69, 9.17) is 0 Å². The molecule has 0 saturated carbocycles. The molecule has 90 valence electrons. The number of rotatable bonds is 3. The molecule has 1 heterocycles. The van der Waals surface area contributed by atoms with Crippen molar-refractivity contribution in [3.05, 3.63) is 17.7 Å². The summed E-state index contributed by atoms with van der Waals surface area (Å²) < 4.78 is 64.6. The zero-order valence-corrected chi connectivity index (χ0v) is 8.76. The van der Waals surface area contributed by atoms with Crippen molar-refractivity contribution in [1.29, 1.82) is 0 Å². The number of nitrogens with two attached hydrogens (primary N) is 1. The zero-order valence-electron chi connectivity index (χ0n) is 7.95. The number of halogens is 3. The van der Waals surface area contributed by atoms with Crippen LogP contribution >= 0.6 is 0 Å². The number of ether oxygens (including phenoxy) is 1. The fourth-order valence-corrected chi connectivity index (χ4v) is 1.89. The number of primary sulfonamides is 1. The fraction of sp³-hybridized carbons (Fsp3) is 0.286. The summed E-state index contributed by atoms with van der Waals surface area (Å²) in [5.41, 5.74) is -1.13. The summed E-state index contributed by atoms with van der Waals surface area (Å²) in [5, 5.41) is 4.62. The standard InChI is InChI=1S/C7H7F3N2O3S/c1-15-3-2-12-7(10)5(16(11,13)14)4(3)6(8)9/h2,6H,1H3,(H2,11,13,14). The number of aromatic nitrogens is 1. The molecule has 1 aromatic heterocycles. The SMILES string of the molecule is COc1cnc(F)c(S(N)(=O)=O)c1C(F)F. The first-order valence-corrected chi connectivity index (χ1v) is 5.37. The van der Waals surface area contributed by atoms with Crippen LogP contribution in [-0.2, 0) is 10.0 Å². The maximum atomic E-state index is 13.1. The molecule has 0 aromatic carbocycles. The Morgan fingerprint density at radius 3 is 2.44 bits per heavy atom. The minimum absolute atomic E-state index is 0.541. The van der Waals surface area contributed by atoms with Crippen molar-refractivity contribution in [2.75, 3.05) is 7.11 Å². The summed E-state index contributed by atoms with van der Waals surface area (Å²) >= 11 is 0. The second-order valence-electron chi connectivity index (χ2n) is 2.71. The fourth-order valence-electron chi connectivity index (χ4n) is 1.11. The molecule has 0 aliphatic carbocycles. The Hall–Kier alpha value is -1.35. The molecule has 0 saturated heterocycles. The average Bonchev–Trinajstić information content (AvgIpc) is 2.15. The summed E-state index contributed by atoms with van der Waals surface area (Å²) in [5.74, 6) is -2.13. The molecular weight excluding hydrogens is 249 g/mol. The van der Waals surface area contributed by atoms with Crippen LogP contribution < -0.4 is 9.88 Å². The molecule has 0 fully saturated rings. The van der Waals surface area contributed by atoms with Gasteiger partial charge in [0.05, 0.1) is 18.9 Å². The predicted molar refractivity (Wildman–Crippen MR) is 47.1 cm³/mol. The van der Waals surface area contributed by atoms with Crippen molar-refractivity contribution in [1.82, 2.24) is 4.98 Å². The first-order valence-electron chi connectivity index (χ1n) is 3.82. The number of nitrogens with zero attached hydrogens (tertiary/aromatic N) is 1. The third-order valence-electron chi connectivity index (χ3n) is 1.72. The number of hydrogen-bond acceptors (Lipinski definition) is 4. The molecule has 0 aliphatic heterocycles. The number of sulfonamides is 1. The Morgan fingerprint density at radius 2 is 2.06 bits per heavy atom. The van der Waals surface area contributed by atoms with Gasteiger partial charge in [0.25, 0.3) is 6.43 Å². The van der Waals surface area contributed by atoms with Gasteiger partial charge >= 0.3 is 0 Å². The van der Waals surface area contributed by atoms with Crippen LogP contribution in [0.2, 0.25) is 0 Å². The highest BCUT2D eigenvalue weighted by Gasteiger charge is 2.29. The lowest BCUT2D eigenvalue weighted by atomic mass is 10.2. The molecule has 0 spiro atoms. The van der Waals surface area contributed by atoms with Crippen LogP contribution in [-0.4, -0.2) is 20.5 Å². The molecule has 0 radical (unpaired) electrons. The minimum Gasteiger partial charge on any atom is -0.495 e. The van der Waals surface area contributed by atoms with Crippen LogP contribution in [0.3, 0.4) is 0 Å².